The van der Waals surface area contributed by atoms with E-state index in [2.05, 4.69) is 4.98 Å². The molecule has 0 atom stereocenters. The third-order valence-electron chi connectivity index (χ3n) is 1.99. The van der Waals surface area contributed by atoms with Gasteiger partial charge in [0.25, 0.3) is 6.43 Å². The molecule has 2 N–H and O–H groups in total. The summed E-state index contributed by atoms with van der Waals surface area (Å²) in [6.07, 6.45) is -2.81. The number of hydrogen-bond donors (Lipinski definition) is 1. The van der Waals surface area contributed by atoms with Crippen molar-refractivity contribution in [2.45, 2.75) is 19.9 Å². The molecule has 1 aromatic rings. The Morgan fingerprint density at radius 1 is 1.65 bits per heavy atom. The maximum Gasteiger partial charge on any atom is 0.357 e. The zero-order valence-corrected chi connectivity index (χ0v) is 9.80. The van der Waals surface area contributed by atoms with E-state index < -0.39 is 18.1 Å². The van der Waals surface area contributed by atoms with Crippen LogP contribution in [0.15, 0.2) is 6.07 Å². The molecule has 0 amide bonds. The molecule has 1 rings (SSSR count). The van der Waals surface area contributed by atoms with Crippen molar-refractivity contribution in [2.75, 3.05) is 6.61 Å². The molecule has 0 spiro atoms. The van der Waals surface area contributed by atoms with Gasteiger partial charge in [-0.2, -0.15) is 0 Å². The Bertz CT molecular complexity index is 427. The van der Waals surface area contributed by atoms with E-state index in [0.717, 1.165) is 6.07 Å². The van der Waals surface area contributed by atoms with Crippen molar-refractivity contribution in [3.63, 3.8) is 0 Å². The molecule has 17 heavy (non-hydrogen) atoms. The molecule has 1 aromatic heterocycles. The molecule has 0 aliphatic rings. The number of carbonyl (C=O) groups excluding carboxylic acids is 1. The quantitative estimate of drug-likeness (QED) is 0.848. The SMILES string of the molecule is CCOC(=O)c1nc(C(F)F)cc(Cl)c1CN. The number of pyridine rings is 1. The van der Waals surface area contributed by atoms with E-state index in [1.165, 1.54) is 0 Å². The average Bonchev–Trinajstić information content (AvgIpc) is 2.28. The van der Waals surface area contributed by atoms with Gasteiger partial charge in [-0.1, -0.05) is 11.6 Å². The molecule has 0 bridgehead atoms. The highest BCUT2D eigenvalue weighted by molar-refractivity contribution is 6.31. The Morgan fingerprint density at radius 3 is 2.76 bits per heavy atom. The van der Waals surface area contributed by atoms with Crippen LogP contribution in [0.3, 0.4) is 0 Å². The standard InChI is InChI=1S/C10H11ClF2N2O2/c1-2-17-10(16)8-5(4-14)6(11)3-7(15-8)9(12)13/h3,9H,2,4,14H2,1H3. The monoisotopic (exact) mass is 264 g/mol. The van der Waals surface area contributed by atoms with Gasteiger partial charge in [0.2, 0.25) is 0 Å². The van der Waals surface area contributed by atoms with Gasteiger partial charge < -0.3 is 10.5 Å². The predicted octanol–water partition coefficient (Wildman–Crippen LogP) is 2.31. The number of esters is 1. The maximum atomic E-state index is 12.5. The average molecular weight is 265 g/mol. The first-order valence-corrected chi connectivity index (χ1v) is 5.23. The zero-order chi connectivity index (χ0) is 13.0. The summed E-state index contributed by atoms with van der Waals surface area (Å²) in [6.45, 7) is 1.63. The fraction of sp³-hybridized carbons (Fsp3) is 0.400. The van der Waals surface area contributed by atoms with Crippen LogP contribution in [-0.2, 0) is 11.3 Å². The van der Waals surface area contributed by atoms with Crippen LogP contribution in [0.2, 0.25) is 5.02 Å². The number of halogens is 3. The molecule has 0 fully saturated rings. The molecule has 0 radical (unpaired) electrons. The number of nitrogens with zero attached hydrogens (tertiary/aromatic N) is 1. The maximum absolute atomic E-state index is 12.5. The second-order valence-electron chi connectivity index (χ2n) is 3.08. The molecular formula is C10H11ClF2N2O2. The van der Waals surface area contributed by atoms with E-state index in [1.807, 2.05) is 0 Å². The van der Waals surface area contributed by atoms with Gasteiger partial charge in [0.05, 0.1) is 6.61 Å². The Morgan fingerprint density at radius 2 is 2.29 bits per heavy atom. The fourth-order valence-corrected chi connectivity index (χ4v) is 1.51. The lowest BCUT2D eigenvalue weighted by atomic mass is 10.1. The number of nitrogens with two attached hydrogens (primary N) is 1. The number of rotatable bonds is 4. The Kier molecular flexibility index (Phi) is 4.77. The molecule has 94 valence electrons. The van der Waals surface area contributed by atoms with Crippen LogP contribution in [0.4, 0.5) is 8.78 Å². The highest BCUT2D eigenvalue weighted by Crippen LogP contribution is 2.25. The van der Waals surface area contributed by atoms with Gasteiger partial charge in [-0.25, -0.2) is 18.6 Å². The zero-order valence-electron chi connectivity index (χ0n) is 9.04. The van der Waals surface area contributed by atoms with Crippen molar-refractivity contribution >= 4 is 17.6 Å². The minimum atomic E-state index is -2.81. The van der Waals surface area contributed by atoms with Crippen LogP contribution < -0.4 is 5.73 Å². The molecule has 0 saturated heterocycles. The van der Waals surface area contributed by atoms with E-state index in [9.17, 15) is 13.6 Å². The third-order valence-corrected chi connectivity index (χ3v) is 2.32. The molecule has 0 aliphatic heterocycles. The van der Waals surface area contributed by atoms with E-state index in [4.69, 9.17) is 22.1 Å². The van der Waals surface area contributed by atoms with E-state index in [1.54, 1.807) is 6.92 Å². The van der Waals surface area contributed by atoms with Crippen LogP contribution in [0, 0.1) is 0 Å². The number of ether oxygens (including phenoxy) is 1. The normalized spacial score (nSPS) is 10.7. The predicted molar refractivity (Wildman–Crippen MR) is 58.1 cm³/mol. The molecule has 0 aromatic carbocycles. The van der Waals surface area contributed by atoms with Crippen molar-refractivity contribution < 1.29 is 18.3 Å². The first-order valence-electron chi connectivity index (χ1n) is 4.85. The number of aromatic nitrogens is 1. The van der Waals surface area contributed by atoms with Crippen molar-refractivity contribution in [2.24, 2.45) is 5.73 Å². The number of carbonyl (C=O) groups is 1. The van der Waals surface area contributed by atoms with Crippen molar-refractivity contribution in [1.82, 2.24) is 4.98 Å². The third kappa shape index (κ3) is 3.10. The molecule has 7 heteroatoms. The van der Waals surface area contributed by atoms with Crippen molar-refractivity contribution in [1.29, 1.82) is 0 Å². The second kappa shape index (κ2) is 5.88. The lowest BCUT2D eigenvalue weighted by molar-refractivity contribution is 0.0516. The van der Waals surface area contributed by atoms with Crippen LogP contribution in [0.1, 0.15) is 35.1 Å². The summed E-state index contributed by atoms with van der Waals surface area (Å²) in [6, 6.07) is 0.997. The van der Waals surface area contributed by atoms with Gasteiger partial charge in [0.15, 0.2) is 5.69 Å². The lowest BCUT2D eigenvalue weighted by Gasteiger charge is -2.10. The summed E-state index contributed by atoms with van der Waals surface area (Å²) in [5.41, 5.74) is 4.77. The molecular weight excluding hydrogens is 254 g/mol. The van der Waals surface area contributed by atoms with Crippen LogP contribution in [0.25, 0.3) is 0 Å². The van der Waals surface area contributed by atoms with Gasteiger partial charge in [0, 0.05) is 17.1 Å². The summed E-state index contributed by atoms with van der Waals surface area (Å²) in [5.74, 6) is -0.808. The summed E-state index contributed by atoms with van der Waals surface area (Å²) in [5, 5.41) is -0.0131. The van der Waals surface area contributed by atoms with Gasteiger partial charge in [-0.3, -0.25) is 0 Å². The topological polar surface area (TPSA) is 65.2 Å². The largest absolute Gasteiger partial charge is 0.461 e. The highest BCUT2D eigenvalue weighted by atomic mass is 35.5. The summed E-state index contributed by atoms with van der Waals surface area (Å²) < 4.78 is 29.7. The summed E-state index contributed by atoms with van der Waals surface area (Å²) in [7, 11) is 0. The first kappa shape index (κ1) is 13.8. The van der Waals surface area contributed by atoms with Gasteiger partial charge in [-0.15, -0.1) is 0 Å². The van der Waals surface area contributed by atoms with Gasteiger partial charge >= 0.3 is 5.97 Å². The van der Waals surface area contributed by atoms with Gasteiger partial charge in [0.1, 0.15) is 5.69 Å². The smallest absolute Gasteiger partial charge is 0.357 e. The molecule has 0 unspecified atom stereocenters. The van der Waals surface area contributed by atoms with E-state index in [-0.39, 0.29) is 29.4 Å². The minimum Gasteiger partial charge on any atom is -0.461 e. The Labute approximate surface area is 102 Å². The first-order chi connectivity index (χ1) is 8.01. The number of alkyl halides is 2. The molecule has 0 aliphatic carbocycles. The molecule has 1 heterocycles. The highest BCUT2D eigenvalue weighted by Gasteiger charge is 2.21. The Hall–Kier alpha value is -1.27. The second-order valence-corrected chi connectivity index (χ2v) is 3.49. The van der Waals surface area contributed by atoms with Crippen molar-refractivity contribution in [3.05, 3.63) is 28.0 Å². The number of hydrogen-bond acceptors (Lipinski definition) is 4. The van der Waals surface area contributed by atoms with E-state index in [0.29, 0.717) is 0 Å². The molecule has 4 nitrogen and oxygen atoms in total. The minimum absolute atomic E-state index is 0.0131. The lowest BCUT2D eigenvalue weighted by Crippen LogP contribution is -2.15. The van der Waals surface area contributed by atoms with Crippen LogP contribution >= 0.6 is 11.6 Å². The summed E-state index contributed by atoms with van der Waals surface area (Å²) >= 11 is 5.76. The van der Waals surface area contributed by atoms with Crippen molar-refractivity contribution in [3.8, 4) is 0 Å². The van der Waals surface area contributed by atoms with Gasteiger partial charge in [-0.05, 0) is 13.0 Å². The Balaban J connectivity index is 3.28. The van der Waals surface area contributed by atoms with E-state index >= 15 is 0 Å². The molecule has 0 saturated carbocycles. The fourth-order valence-electron chi connectivity index (χ4n) is 1.23. The van der Waals surface area contributed by atoms with Crippen LogP contribution in [-0.4, -0.2) is 17.6 Å². The van der Waals surface area contributed by atoms with Crippen LogP contribution in [0.5, 0.6) is 0 Å². The summed E-state index contributed by atoms with van der Waals surface area (Å²) in [4.78, 5) is 15.0.